The Morgan fingerprint density at radius 1 is 1.11 bits per heavy atom. The third-order valence-electron chi connectivity index (χ3n) is 4.12. The minimum atomic E-state index is -4.92. The number of carboxylic acids is 1. The van der Waals surface area contributed by atoms with E-state index in [2.05, 4.69) is 0 Å². The smallest absolute Gasteiger partial charge is 0.432 e. The molecule has 3 rings (SSSR count). The van der Waals surface area contributed by atoms with Gasteiger partial charge in [0, 0.05) is 21.5 Å². The van der Waals surface area contributed by atoms with Gasteiger partial charge in [0.15, 0.2) is 0 Å². The van der Waals surface area contributed by atoms with Gasteiger partial charge in [0.25, 0.3) is 5.91 Å². The van der Waals surface area contributed by atoms with Gasteiger partial charge in [0.05, 0.1) is 11.9 Å². The Labute approximate surface area is 156 Å². The van der Waals surface area contributed by atoms with Crippen molar-refractivity contribution in [3.05, 3.63) is 69.9 Å². The summed E-state index contributed by atoms with van der Waals surface area (Å²) >= 11 is 5.78. The molecule has 27 heavy (non-hydrogen) atoms. The van der Waals surface area contributed by atoms with Gasteiger partial charge >= 0.3 is 12.1 Å². The number of carboxylic acid groups (broad SMARTS) is 1. The van der Waals surface area contributed by atoms with Gasteiger partial charge in [-0.25, -0.2) is 0 Å². The summed E-state index contributed by atoms with van der Waals surface area (Å²) in [5, 5.41) is 9.53. The molecule has 0 amide bonds. The normalized spacial score (nSPS) is 11.7. The largest absolute Gasteiger partial charge is 0.481 e. The molecule has 2 aromatic carbocycles. The lowest BCUT2D eigenvalue weighted by atomic mass is 10.1. The van der Waals surface area contributed by atoms with Crippen molar-refractivity contribution in [1.82, 2.24) is 4.57 Å². The van der Waals surface area contributed by atoms with Crippen LogP contribution in [0.25, 0.3) is 10.9 Å². The zero-order chi connectivity index (χ0) is 19.9. The maximum Gasteiger partial charge on any atom is 0.432 e. The molecule has 0 saturated carbocycles. The number of aromatic nitrogens is 1. The van der Waals surface area contributed by atoms with Crippen molar-refractivity contribution in [1.29, 1.82) is 0 Å². The van der Waals surface area contributed by atoms with E-state index in [-0.39, 0.29) is 16.5 Å². The lowest BCUT2D eigenvalue weighted by Crippen LogP contribution is -2.22. The van der Waals surface area contributed by atoms with Crippen LogP contribution in [-0.2, 0) is 17.4 Å². The van der Waals surface area contributed by atoms with Crippen LogP contribution in [0.5, 0.6) is 0 Å². The number of alkyl halides is 3. The molecule has 0 radical (unpaired) electrons. The van der Waals surface area contributed by atoms with Crippen LogP contribution in [0.15, 0.2) is 42.5 Å². The molecule has 140 valence electrons. The van der Waals surface area contributed by atoms with Gasteiger partial charge in [-0.2, -0.15) is 13.2 Å². The van der Waals surface area contributed by atoms with Crippen LogP contribution in [0.3, 0.4) is 0 Å². The standard InChI is InChI=1S/C19H13ClF3NO3/c1-10-2-7-15-13(8-10)14(9-16(25)26)17(19(21,22)23)24(15)18(27)11-3-5-12(20)6-4-11/h2-8H,9H2,1H3,(H,25,26). The maximum absolute atomic E-state index is 13.9. The fourth-order valence-electron chi connectivity index (χ4n) is 3.03. The van der Waals surface area contributed by atoms with Crippen molar-refractivity contribution in [3.8, 4) is 0 Å². The van der Waals surface area contributed by atoms with Crippen molar-refractivity contribution < 1.29 is 27.9 Å². The molecule has 0 fully saturated rings. The first kappa shape index (κ1) is 19.0. The van der Waals surface area contributed by atoms with E-state index in [0.29, 0.717) is 15.2 Å². The van der Waals surface area contributed by atoms with E-state index in [1.165, 1.54) is 36.4 Å². The number of aliphatic carboxylic acids is 1. The van der Waals surface area contributed by atoms with Crippen molar-refractivity contribution in [2.75, 3.05) is 0 Å². The summed E-state index contributed by atoms with van der Waals surface area (Å²) in [5.41, 5.74) is -1.05. The zero-order valence-corrected chi connectivity index (χ0v) is 14.7. The molecule has 1 heterocycles. The van der Waals surface area contributed by atoms with Crippen molar-refractivity contribution in [2.24, 2.45) is 0 Å². The minimum Gasteiger partial charge on any atom is -0.481 e. The number of hydrogen-bond acceptors (Lipinski definition) is 2. The molecule has 0 aliphatic carbocycles. The Morgan fingerprint density at radius 3 is 2.30 bits per heavy atom. The van der Waals surface area contributed by atoms with Crippen molar-refractivity contribution in [3.63, 3.8) is 0 Å². The van der Waals surface area contributed by atoms with Crippen LogP contribution in [-0.4, -0.2) is 21.6 Å². The minimum absolute atomic E-state index is 0.00382. The molecule has 8 heteroatoms. The average Bonchev–Trinajstić information content (AvgIpc) is 2.88. The first-order chi connectivity index (χ1) is 12.6. The lowest BCUT2D eigenvalue weighted by Gasteiger charge is -2.13. The highest BCUT2D eigenvalue weighted by Gasteiger charge is 2.41. The summed E-state index contributed by atoms with van der Waals surface area (Å²) in [7, 11) is 0. The number of carbonyl (C=O) groups is 2. The van der Waals surface area contributed by atoms with Gasteiger partial charge in [-0.3, -0.25) is 14.2 Å². The second-order valence-electron chi connectivity index (χ2n) is 6.06. The van der Waals surface area contributed by atoms with Crippen LogP contribution in [0, 0.1) is 6.92 Å². The first-order valence-corrected chi connectivity index (χ1v) is 8.20. The van der Waals surface area contributed by atoms with Crippen LogP contribution in [0.1, 0.15) is 27.2 Å². The van der Waals surface area contributed by atoms with E-state index in [1.54, 1.807) is 13.0 Å². The molecule has 0 aliphatic rings. The SMILES string of the molecule is Cc1ccc2c(c1)c(CC(=O)O)c(C(F)(F)F)n2C(=O)c1ccc(Cl)cc1. The third kappa shape index (κ3) is 3.55. The van der Waals surface area contributed by atoms with Crippen LogP contribution in [0.2, 0.25) is 5.02 Å². The Bertz CT molecular complexity index is 1050. The van der Waals surface area contributed by atoms with E-state index in [0.717, 1.165) is 0 Å². The molecule has 0 unspecified atom stereocenters. The molecule has 0 bridgehead atoms. The Hall–Kier alpha value is -2.80. The van der Waals surface area contributed by atoms with E-state index in [4.69, 9.17) is 16.7 Å². The van der Waals surface area contributed by atoms with E-state index < -0.39 is 35.7 Å². The predicted molar refractivity (Wildman–Crippen MR) is 94.2 cm³/mol. The number of carbonyl (C=O) groups excluding carboxylic acids is 1. The van der Waals surface area contributed by atoms with Crippen LogP contribution >= 0.6 is 11.6 Å². The van der Waals surface area contributed by atoms with Gasteiger partial charge in [0.2, 0.25) is 0 Å². The predicted octanol–water partition coefficient (Wildman–Crippen LogP) is 4.94. The summed E-state index contributed by atoms with van der Waals surface area (Å²) in [6.45, 7) is 1.68. The van der Waals surface area contributed by atoms with Crippen LogP contribution in [0.4, 0.5) is 13.2 Å². The number of halogens is 4. The molecule has 3 aromatic rings. The molecule has 0 aliphatic heterocycles. The van der Waals surface area contributed by atoms with Gasteiger partial charge in [0.1, 0.15) is 5.69 Å². The molecule has 0 atom stereocenters. The van der Waals surface area contributed by atoms with Crippen molar-refractivity contribution >= 4 is 34.4 Å². The number of benzene rings is 2. The number of rotatable bonds is 3. The second kappa shape index (κ2) is 6.74. The van der Waals surface area contributed by atoms with Gasteiger partial charge < -0.3 is 5.11 Å². The average molecular weight is 396 g/mol. The Morgan fingerprint density at radius 2 is 1.74 bits per heavy atom. The summed E-state index contributed by atoms with van der Waals surface area (Å²) in [4.78, 5) is 24.1. The van der Waals surface area contributed by atoms with Crippen LogP contribution < -0.4 is 0 Å². The number of aryl methyl sites for hydroxylation is 1. The highest BCUT2D eigenvalue weighted by Crippen LogP contribution is 2.39. The number of hydrogen-bond donors (Lipinski definition) is 1. The summed E-state index contributed by atoms with van der Waals surface area (Å²) in [6.07, 6.45) is -5.77. The molecular formula is C19H13ClF3NO3. The fourth-order valence-corrected chi connectivity index (χ4v) is 3.16. The molecule has 4 nitrogen and oxygen atoms in total. The fraction of sp³-hybridized carbons (Fsp3) is 0.158. The monoisotopic (exact) mass is 395 g/mol. The quantitative estimate of drug-likeness (QED) is 0.683. The molecular weight excluding hydrogens is 383 g/mol. The number of fused-ring (bicyclic) bond motifs is 1. The second-order valence-corrected chi connectivity index (χ2v) is 6.50. The van der Waals surface area contributed by atoms with E-state index in [9.17, 15) is 22.8 Å². The summed E-state index contributed by atoms with van der Waals surface area (Å²) in [6, 6.07) is 9.85. The van der Waals surface area contributed by atoms with Gasteiger partial charge in [-0.1, -0.05) is 23.2 Å². The summed E-state index contributed by atoms with van der Waals surface area (Å²) < 4.78 is 42.1. The third-order valence-corrected chi connectivity index (χ3v) is 4.37. The Balaban J connectivity index is 2.38. The molecule has 0 spiro atoms. The topological polar surface area (TPSA) is 59.3 Å². The van der Waals surface area contributed by atoms with Gasteiger partial charge in [-0.15, -0.1) is 0 Å². The first-order valence-electron chi connectivity index (χ1n) is 7.83. The molecule has 1 N–H and O–H groups in total. The van der Waals surface area contributed by atoms with Crippen molar-refractivity contribution in [2.45, 2.75) is 19.5 Å². The molecule has 1 aromatic heterocycles. The molecule has 0 saturated heterocycles. The highest BCUT2D eigenvalue weighted by molar-refractivity contribution is 6.30. The van der Waals surface area contributed by atoms with Gasteiger partial charge in [-0.05, 0) is 43.3 Å². The summed E-state index contributed by atoms with van der Waals surface area (Å²) in [5.74, 6) is -2.33. The number of nitrogens with zero attached hydrogens (tertiary/aromatic N) is 1. The zero-order valence-electron chi connectivity index (χ0n) is 14.0. The Kier molecular flexibility index (Phi) is 4.73. The van der Waals surface area contributed by atoms with E-state index in [1.807, 2.05) is 0 Å². The highest BCUT2D eigenvalue weighted by atomic mass is 35.5. The maximum atomic E-state index is 13.9. The lowest BCUT2D eigenvalue weighted by molar-refractivity contribution is -0.143. The van der Waals surface area contributed by atoms with E-state index >= 15 is 0 Å².